The molecule has 1 N–H and O–H groups in total. The van der Waals surface area contributed by atoms with E-state index in [1.807, 2.05) is 11.6 Å². The van der Waals surface area contributed by atoms with Crippen molar-refractivity contribution in [3.63, 3.8) is 0 Å². The van der Waals surface area contributed by atoms with E-state index in [1.54, 1.807) is 6.07 Å². The van der Waals surface area contributed by atoms with E-state index < -0.39 is 0 Å². The number of nitrogens with one attached hydrogen (secondary N) is 1. The molecule has 1 heterocycles. The molecule has 1 fully saturated rings. The van der Waals surface area contributed by atoms with E-state index in [9.17, 15) is 4.79 Å². The molecule has 0 radical (unpaired) electrons. The number of aromatic amines is 1. The van der Waals surface area contributed by atoms with E-state index in [4.69, 9.17) is 0 Å². The van der Waals surface area contributed by atoms with Gasteiger partial charge in [-0.15, -0.1) is 0 Å². The van der Waals surface area contributed by atoms with Gasteiger partial charge in [0.05, 0.1) is 0 Å². The number of rotatable bonds is 2. The number of hydrogen-bond donors (Lipinski definition) is 1. The molecular weight excluding hydrogens is 140 g/mol. The van der Waals surface area contributed by atoms with Gasteiger partial charge in [0.25, 0.3) is 5.56 Å². The molecule has 3 nitrogen and oxygen atoms in total. The summed E-state index contributed by atoms with van der Waals surface area (Å²) in [6, 6.07) is 1.72. The maximum Gasteiger partial charge on any atom is 0.264 e. The Balaban J connectivity index is 2.42. The fourth-order valence-corrected chi connectivity index (χ4v) is 1.42. The third kappa shape index (κ3) is 1.11. The second kappa shape index (κ2) is 2.26. The summed E-state index contributed by atoms with van der Waals surface area (Å²) in [5.41, 5.74) is 1.23. The molecule has 2 rings (SSSR count). The monoisotopic (exact) mass is 152 g/mol. The second-order valence-corrected chi connectivity index (χ2v) is 3.06. The van der Waals surface area contributed by atoms with Crippen LogP contribution in [0.2, 0.25) is 0 Å². The minimum absolute atomic E-state index is 0.0359. The quantitative estimate of drug-likeness (QED) is 0.676. The smallest absolute Gasteiger partial charge is 0.264 e. The van der Waals surface area contributed by atoms with Gasteiger partial charge in [-0.3, -0.25) is 14.6 Å². The van der Waals surface area contributed by atoms with Crippen LogP contribution in [-0.2, 0) is 6.54 Å². The SMILES string of the molecule is CCn1[nH]c(=O)cc1C1CC1. The summed E-state index contributed by atoms with van der Waals surface area (Å²) in [6.45, 7) is 2.91. The number of aryl methyl sites for hydroxylation is 1. The van der Waals surface area contributed by atoms with Gasteiger partial charge in [-0.2, -0.15) is 0 Å². The Kier molecular flexibility index (Phi) is 1.37. The predicted octanol–water partition coefficient (Wildman–Crippen LogP) is 1.07. The third-order valence-electron chi connectivity index (χ3n) is 2.15. The lowest BCUT2D eigenvalue weighted by Gasteiger charge is -2.01. The lowest BCUT2D eigenvalue weighted by molar-refractivity contribution is 0.618. The molecule has 0 bridgehead atoms. The summed E-state index contributed by atoms with van der Waals surface area (Å²) in [5.74, 6) is 0.661. The standard InChI is InChI=1S/C8H12N2O/c1-2-10-7(6-3-4-6)5-8(11)9-10/h5-6H,2-4H2,1H3,(H,9,11). The van der Waals surface area contributed by atoms with Crippen molar-refractivity contribution in [1.29, 1.82) is 0 Å². The lowest BCUT2D eigenvalue weighted by atomic mass is 10.3. The van der Waals surface area contributed by atoms with E-state index in [-0.39, 0.29) is 5.56 Å². The first-order chi connectivity index (χ1) is 5.31. The van der Waals surface area contributed by atoms with E-state index in [1.165, 1.54) is 18.5 Å². The molecule has 0 atom stereocenters. The van der Waals surface area contributed by atoms with Crippen LogP contribution >= 0.6 is 0 Å². The van der Waals surface area contributed by atoms with Crippen LogP contribution in [-0.4, -0.2) is 9.78 Å². The molecular formula is C8H12N2O. The largest absolute Gasteiger partial charge is 0.289 e. The third-order valence-corrected chi connectivity index (χ3v) is 2.15. The molecule has 3 heteroatoms. The molecule has 1 aromatic heterocycles. The molecule has 11 heavy (non-hydrogen) atoms. The van der Waals surface area contributed by atoms with Gasteiger partial charge in [0.15, 0.2) is 0 Å². The first kappa shape index (κ1) is 6.70. The Hall–Kier alpha value is -0.990. The zero-order chi connectivity index (χ0) is 7.84. The molecule has 0 saturated heterocycles. The van der Waals surface area contributed by atoms with Crippen LogP contribution in [0.25, 0.3) is 0 Å². The van der Waals surface area contributed by atoms with Gasteiger partial charge in [-0.1, -0.05) is 0 Å². The van der Waals surface area contributed by atoms with Crippen LogP contribution < -0.4 is 5.56 Å². The second-order valence-electron chi connectivity index (χ2n) is 3.06. The molecule has 1 aliphatic rings. The minimum Gasteiger partial charge on any atom is -0.289 e. The van der Waals surface area contributed by atoms with Gasteiger partial charge in [-0.25, -0.2) is 0 Å². The number of nitrogens with zero attached hydrogens (tertiary/aromatic N) is 1. The summed E-state index contributed by atoms with van der Waals surface area (Å²) in [6.07, 6.45) is 2.49. The lowest BCUT2D eigenvalue weighted by Crippen LogP contribution is -2.05. The summed E-state index contributed by atoms with van der Waals surface area (Å²) >= 11 is 0. The summed E-state index contributed by atoms with van der Waals surface area (Å²) in [4.78, 5) is 10.9. The molecule has 0 aliphatic heterocycles. The molecule has 0 spiro atoms. The number of aromatic nitrogens is 2. The molecule has 1 aliphatic carbocycles. The van der Waals surface area contributed by atoms with Crippen molar-refractivity contribution in [3.05, 3.63) is 22.1 Å². The van der Waals surface area contributed by atoms with Gasteiger partial charge in [-0.05, 0) is 19.8 Å². The van der Waals surface area contributed by atoms with Crippen molar-refractivity contribution in [1.82, 2.24) is 9.78 Å². The number of H-pyrrole nitrogens is 1. The summed E-state index contributed by atoms with van der Waals surface area (Å²) in [7, 11) is 0. The van der Waals surface area contributed by atoms with E-state index >= 15 is 0 Å². The predicted molar refractivity (Wildman–Crippen MR) is 42.7 cm³/mol. The highest BCUT2D eigenvalue weighted by atomic mass is 16.1. The van der Waals surface area contributed by atoms with Crippen LogP contribution in [0.5, 0.6) is 0 Å². The fraction of sp³-hybridized carbons (Fsp3) is 0.625. The molecule has 1 saturated carbocycles. The highest BCUT2D eigenvalue weighted by molar-refractivity contribution is 5.13. The molecule has 0 unspecified atom stereocenters. The Labute approximate surface area is 65.0 Å². The van der Waals surface area contributed by atoms with E-state index in [0.717, 1.165) is 6.54 Å². The average molecular weight is 152 g/mol. The fourth-order valence-electron chi connectivity index (χ4n) is 1.42. The molecule has 0 amide bonds. The van der Waals surface area contributed by atoms with Crippen molar-refractivity contribution in [2.24, 2.45) is 0 Å². The van der Waals surface area contributed by atoms with Gasteiger partial charge in [0, 0.05) is 24.2 Å². The van der Waals surface area contributed by atoms with Crippen LogP contribution in [0.15, 0.2) is 10.9 Å². The van der Waals surface area contributed by atoms with E-state index in [0.29, 0.717) is 5.92 Å². The van der Waals surface area contributed by atoms with Crippen LogP contribution in [0.4, 0.5) is 0 Å². The maximum absolute atomic E-state index is 10.9. The van der Waals surface area contributed by atoms with Gasteiger partial charge in [0.1, 0.15) is 0 Å². The summed E-state index contributed by atoms with van der Waals surface area (Å²) < 4.78 is 1.94. The zero-order valence-corrected chi connectivity index (χ0v) is 6.63. The molecule has 60 valence electrons. The Morgan fingerprint density at radius 1 is 1.73 bits per heavy atom. The Bertz CT molecular complexity index is 306. The topological polar surface area (TPSA) is 37.8 Å². The van der Waals surface area contributed by atoms with Crippen LogP contribution in [0.1, 0.15) is 31.4 Å². The maximum atomic E-state index is 10.9. The summed E-state index contributed by atoms with van der Waals surface area (Å²) in [5, 5.41) is 2.78. The Morgan fingerprint density at radius 2 is 2.45 bits per heavy atom. The van der Waals surface area contributed by atoms with Gasteiger partial charge < -0.3 is 0 Å². The highest BCUT2D eigenvalue weighted by Crippen LogP contribution is 2.39. The first-order valence-electron chi connectivity index (χ1n) is 4.11. The van der Waals surface area contributed by atoms with Crippen molar-refractivity contribution in [2.45, 2.75) is 32.2 Å². The van der Waals surface area contributed by atoms with Gasteiger partial charge in [0.2, 0.25) is 0 Å². The minimum atomic E-state index is 0.0359. The van der Waals surface area contributed by atoms with Crippen molar-refractivity contribution >= 4 is 0 Å². The van der Waals surface area contributed by atoms with Crippen molar-refractivity contribution in [3.8, 4) is 0 Å². The van der Waals surface area contributed by atoms with Crippen LogP contribution in [0, 0.1) is 0 Å². The Morgan fingerprint density at radius 3 is 3.00 bits per heavy atom. The van der Waals surface area contributed by atoms with Gasteiger partial charge >= 0.3 is 0 Å². The van der Waals surface area contributed by atoms with Crippen LogP contribution in [0.3, 0.4) is 0 Å². The molecule has 0 aromatic carbocycles. The van der Waals surface area contributed by atoms with Crippen molar-refractivity contribution in [2.75, 3.05) is 0 Å². The normalized spacial score (nSPS) is 17.2. The highest BCUT2D eigenvalue weighted by Gasteiger charge is 2.26. The number of hydrogen-bond acceptors (Lipinski definition) is 1. The zero-order valence-electron chi connectivity index (χ0n) is 6.63. The first-order valence-corrected chi connectivity index (χ1v) is 4.11. The average Bonchev–Trinajstić information content (AvgIpc) is 2.75. The molecule has 1 aromatic rings. The van der Waals surface area contributed by atoms with E-state index in [2.05, 4.69) is 5.10 Å². The van der Waals surface area contributed by atoms with Crippen molar-refractivity contribution < 1.29 is 0 Å².